The van der Waals surface area contributed by atoms with Crippen molar-refractivity contribution in [2.45, 2.75) is 40.2 Å². The highest BCUT2D eigenvalue weighted by molar-refractivity contribution is 7.89. The molecule has 118 valence electrons. The summed E-state index contributed by atoms with van der Waals surface area (Å²) in [6.45, 7) is 9.50. The fourth-order valence-electron chi connectivity index (χ4n) is 2.27. The Morgan fingerprint density at radius 1 is 1.30 bits per heavy atom. The van der Waals surface area contributed by atoms with Gasteiger partial charge in [0.2, 0.25) is 10.0 Å². The average molecular weight is 305 g/mol. The van der Waals surface area contributed by atoms with Crippen molar-refractivity contribution in [2.24, 2.45) is 11.8 Å². The molecule has 1 heterocycles. The second-order valence-corrected chi connectivity index (χ2v) is 7.89. The Bertz CT molecular complexity index is 423. The van der Waals surface area contributed by atoms with Crippen molar-refractivity contribution in [1.82, 2.24) is 14.9 Å². The Hall–Kier alpha value is -0.820. The lowest BCUT2D eigenvalue weighted by Gasteiger charge is -2.35. The topological polar surface area (TPSA) is 78.5 Å². The van der Waals surface area contributed by atoms with E-state index in [0.717, 1.165) is 19.5 Å². The molecule has 2 amide bonds. The van der Waals surface area contributed by atoms with Crippen molar-refractivity contribution in [3.05, 3.63) is 0 Å². The Morgan fingerprint density at radius 3 is 2.50 bits per heavy atom. The number of nitrogens with one attached hydrogen (secondary N) is 2. The van der Waals surface area contributed by atoms with Gasteiger partial charge in [-0.05, 0) is 32.1 Å². The van der Waals surface area contributed by atoms with Crippen LogP contribution in [0.5, 0.6) is 0 Å². The van der Waals surface area contributed by atoms with Crippen LogP contribution >= 0.6 is 0 Å². The molecular weight excluding hydrogens is 278 g/mol. The molecule has 0 aromatic rings. The predicted octanol–water partition coefficient (Wildman–Crippen LogP) is 1.00. The van der Waals surface area contributed by atoms with Crippen molar-refractivity contribution in [3.63, 3.8) is 0 Å². The summed E-state index contributed by atoms with van der Waals surface area (Å²) in [5.41, 5.74) is 0. The van der Waals surface area contributed by atoms with Gasteiger partial charge in [-0.15, -0.1) is 0 Å². The molecule has 1 fully saturated rings. The van der Waals surface area contributed by atoms with Crippen LogP contribution in [0.15, 0.2) is 0 Å². The number of nitrogens with zero attached hydrogens (tertiary/aromatic N) is 1. The van der Waals surface area contributed by atoms with Gasteiger partial charge in [-0.2, -0.15) is 0 Å². The highest BCUT2D eigenvalue weighted by atomic mass is 32.2. The van der Waals surface area contributed by atoms with Crippen LogP contribution < -0.4 is 10.0 Å². The highest BCUT2D eigenvalue weighted by Gasteiger charge is 2.25. The number of rotatable bonds is 5. The second-order valence-electron chi connectivity index (χ2n) is 6.01. The number of piperidine rings is 1. The molecule has 1 aliphatic rings. The van der Waals surface area contributed by atoms with Crippen LogP contribution in [0.25, 0.3) is 0 Å². The van der Waals surface area contributed by atoms with Gasteiger partial charge in [0.05, 0.1) is 5.75 Å². The summed E-state index contributed by atoms with van der Waals surface area (Å²) in [7, 11) is -3.31. The quantitative estimate of drug-likeness (QED) is 0.795. The number of hydrogen-bond donors (Lipinski definition) is 2. The molecule has 0 radical (unpaired) electrons. The zero-order valence-corrected chi connectivity index (χ0v) is 13.7. The fraction of sp³-hybridized carbons (Fsp3) is 0.923. The number of amides is 2. The molecule has 1 aliphatic heterocycles. The molecule has 7 heteroatoms. The number of urea groups is 1. The maximum absolute atomic E-state index is 12.0. The van der Waals surface area contributed by atoms with E-state index in [0.29, 0.717) is 11.8 Å². The molecule has 20 heavy (non-hydrogen) atoms. The molecule has 2 unspecified atom stereocenters. The molecule has 0 spiro atoms. The van der Waals surface area contributed by atoms with E-state index in [1.165, 1.54) is 0 Å². The van der Waals surface area contributed by atoms with Crippen LogP contribution in [0.1, 0.15) is 34.1 Å². The summed E-state index contributed by atoms with van der Waals surface area (Å²) in [6.07, 6.45) is 1.00. The van der Waals surface area contributed by atoms with E-state index in [1.807, 2.05) is 0 Å². The standard InChI is InChI=1S/C13H27N3O3S/c1-10(2)15-20(18,19)8-6-14-13(17)16-7-5-11(3)12(4)9-16/h10-12,15H,5-9H2,1-4H3,(H,14,17). The Labute approximate surface area is 122 Å². The largest absolute Gasteiger partial charge is 0.337 e. The lowest BCUT2D eigenvalue weighted by Crippen LogP contribution is -2.48. The third-order valence-electron chi connectivity index (χ3n) is 3.68. The molecule has 1 rings (SSSR count). The Kier molecular flexibility index (Phi) is 6.26. The van der Waals surface area contributed by atoms with Crippen molar-refractivity contribution < 1.29 is 13.2 Å². The Morgan fingerprint density at radius 2 is 1.95 bits per heavy atom. The Balaban J connectivity index is 2.34. The third kappa shape index (κ3) is 5.66. The van der Waals surface area contributed by atoms with E-state index < -0.39 is 10.0 Å². The summed E-state index contributed by atoms with van der Waals surface area (Å²) >= 11 is 0. The molecule has 0 bridgehead atoms. The van der Waals surface area contributed by atoms with E-state index in [-0.39, 0.29) is 24.4 Å². The first-order valence-corrected chi connectivity index (χ1v) is 8.89. The normalized spacial score (nSPS) is 23.9. The van der Waals surface area contributed by atoms with Crippen molar-refractivity contribution in [3.8, 4) is 0 Å². The van der Waals surface area contributed by atoms with Crippen LogP contribution in [-0.2, 0) is 10.0 Å². The summed E-state index contributed by atoms with van der Waals surface area (Å²) in [5.74, 6) is 1.03. The molecular formula is C13H27N3O3S. The summed E-state index contributed by atoms with van der Waals surface area (Å²) in [4.78, 5) is 13.7. The smallest absolute Gasteiger partial charge is 0.317 e. The van der Waals surface area contributed by atoms with E-state index in [1.54, 1.807) is 18.7 Å². The van der Waals surface area contributed by atoms with Gasteiger partial charge in [-0.1, -0.05) is 13.8 Å². The van der Waals surface area contributed by atoms with Gasteiger partial charge in [0.25, 0.3) is 0 Å². The van der Waals surface area contributed by atoms with Gasteiger partial charge in [-0.3, -0.25) is 0 Å². The van der Waals surface area contributed by atoms with Crippen LogP contribution in [0.4, 0.5) is 4.79 Å². The van der Waals surface area contributed by atoms with Crippen molar-refractivity contribution >= 4 is 16.1 Å². The highest BCUT2D eigenvalue weighted by Crippen LogP contribution is 2.22. The van der Waals surface area contributed by atoms with Crippen molar-refractivity contribution in [2.75, 3.05) is 25.4 Å². The number of carbonyl (C=O) groups excluding carboxylic acids is 1. The summed E-state index contributed by atoms with van der Waals surface area (Å²) in [6, 6.07) is -0.288. The number of sulfonamides is 1. The number of hydrogen-bond acceptors (Lipinski definition) is 3. The van der Waals surface area contributed by atoms with E-state index in [2.05, 4.69) is 23.9 Å². The summed E-state index contributed by atoms with van der Waals surface area (Å²) < 4.78 is 25.7. The first-order valence-electron chi connectivity index (χ1n) is 7.24. The molecule has 0 aliphatic carbocycles. The summed E-state index contributed by atoms with van der Waals surface area (Å²) in [5, 5.41) is 2.68. The van der Waals surface area contributed by atoms with Crippen LogP contribution in [0.3, 0.4) is 0 Å². The molecule has 0 saturated carbocycles. The van der Waals surface area contributed by atoms with Crippen molar-refractivity contribution in [1.29, 1.82) is 0 Å². The first kappa shape index (κ1) is 17.2. The van der Waals surface area contributed by atoms with Crippen LogP contribution in [-0.4, -0.2) is 50.8 Å². The monoisotopic (exact) mass is 305 g/mol. The van der Waals surface area contributed by atoms with Crippen LogP contribution in [0.2, 0.25) is 0 Å². The molecule has 1 saturated heterocycles. The molecule has 6 nitrogen and oxygen atoms in total. The van der Waals surface area contributed by atoms with Crippen LogP contribution in [0, 0.1) is 11.8 Å². The fourth-order valence-corrected chi connectivity index (χ4v) is 3.48. The second kappa shape index (κ2) is 7.26. The first-order chi connectivity index (χ1) is 9.21. The zero-order valence-electron chi connectivity index (χ0n) is 12.8. The van der Waals surface area contributed by atoms with Gasteiger partial charge in [-0.25, -0.2) is 17.9 Å². The van der Waals surface area contributed by atoms with Gasteiger partial charge < -0.3 is 10.2 Å². The minimum absolute atomic E-state index is 0.0866. The number of likely N-dealkylation sites (tertiary alicyclic amines) is 1. The minimum Gasteiger partial charge on any atom is -0.337 e. The average Bonchev–Trinajstić information content (AvgIpc) is 2.30. The predicted molar refractivity (Wildman–Crippen MR) is 80.0 cm³/mol. The van der Waals surface area contributed by atoms with E-state index in [9.17, 15) is 13.2 Å². The zero-order chi connectivity index (χ0) is 15.3. The van der Waals surface area contributed by atoms with E-state index >= 15 is 0 Å². The molecule has 0 aromatic heterocycles. The maximum Gasteiger partial charge on any atom is 0.317 e. The lowest BCUT2D eigenvalue weighted by molar-refractivity contribution is 0.145. The molecule has 0 aromatic carbocycles. The lowest BCUT2D eigenvalue weighted by atomic mass is 9.89. The maximum atomic E-state index is 12.0. The number of carbonyl (C=O) groups is 1. The van der Waals surface area contributed by atoms with Gasteiger partial charge in [0.1, 0.15) is 0 Å². The van der Waals surface area contributed by atoms with Gasteiger partial charge >= 0.3 is 6.03 Å². The van der Waals surface area contributed by atoms with E-state index in [4.69, 9.17) is 0 Å². The van der Waals surface area contributed by atoms with Gasteiger partial charge in [0, 0.05) is 25.7 Å². The molecule has 2 atom stereocenters. The van der Waals surface area contributed by atoms with Gasteiger partial charge in [0.15, 0.2) is 0 Å². The third-order valence-corrected chi connectivity index (χ3v) is 5.26. The minimum atomic E-state index is -3.31. The SMILES string of the molecule is CC(C)NS(=O)(=O)CCNC(=O)N1CCC(C)C(C)C1. The molecule has 2 N–H and O–H groups in total.